The van der Waals surface area contributed by atoms with Gasteiger partial charge >= 0.3 is 0 Å². The zero-order valence-electron chi connectivity index (χ0n) is 10.3. The van der Waals surface area contributed by atoms with E-state index in [0.29, 0.717) is 6.54 Å². The molecule has 0 saturated carbocycles. The van der Waals surface area contributed by atoms with Crippen LogP contribution in [0.25, 0.3) is 0 Å². The topological polar surface area (TPSA) is 58.3 Å². The number of nitrogens with two attached hydrogens (primary N) is 1. The second kappa shape index (κ2) is 6.27. The molecule has 5 nitrogen and oxygen atoms in total. The molecule has 0 spiro atoms. The maximum atomic E-state index is 5.52. The number of likely N-dealkylation sites (N-methyl/N-ethyl adjacent to an activating group) is 1. The van der Waals surface area contributed by atoms with Gasteiger partial charge in [-0.05, 0) is 13.8 Å². The lowest BCUT2D eigenvalue weighted by molar-refractivity contribution is 0.828. The summed E-state index contributed by atoms with van der Waals surface area (Å²) in [6.45, 7) is 7.57. The lowest BCUT2D eigenvalue weighted by Gasteiger charge is -2.22. The van der Waals surface area contributed by atoms with E-state index in [1.807, 2.05) is 18.0 Å². The van der Waals surface area contributed by atoms with Gasteiger partial charge in [-0.2, -0.15) is 0 Å². The van der Waals surface area contributed by atoms with Crippen LogP contribution in [0.4, 0.5) is 11.6 Å². The summed E-state index contributed by atoms with van der Waals surface area (Å²) < 4.78 is 0. The van der Waals surface area contributed by atoms with E-state index in [2.05, 4.69) is 28.7 Å². The third-order valence-corrected chi connectivity index (χ3v) is 2.58. The van der Waals surface area contributed by atoms with E-state index in [9.17, 15) is 0 Å². The van der Waals surface area contributed by atoms with Gasteiger partial charge in [0.1, 0.15) is 18.0 Å². The van der Waals surface area contributed by atoms with Crippen molar-refractivity contribution in [1.82, 2.24) is 9.97 Å². The minimum atomic E-state index is 0.626. The van der Waals surface area contributed by atoms with E-state index < -0.39 is 0 Å². The van der Waals surface area contributed by atoms with Gasteiger partial charge in [0.25, 0.3) is 0 Å². The van der Waals surface area contributed by atoms with E-state index in [1.54, 1.807) is 6.33 Å². The second-order valence-corrected chi connectivity index (χ2v) is 3.62. The van der Waals surface area contributed by atoms with E-state index in [0.717, 1.165) is 31.3 Å². The minimum Gasteiger partial charge on any atom is -0.358 e. The molecule has 0 aliphatic carbocycles. The Morgan fingerprint density at radius 1 is 1.19 bits per heavy atom. The molecule has 0 bridgehead atoms. The Kier molecular flexibility index (Phi) is 4.98. The molecule has 0 fully saturated rings. The summed E-state index contributed by atoms with van der Waals surface area (Å²) in [5.74, 6) is 1.89. The number of rotatable bonds is 6. The van der Waals surface area contributed by atoms with Gasteiger partial charge in [-0.25, -0.2) is 9.97 Å². The Morgan fingerprint density at radius 3 is 2.38 bits per heavy atom. The largest absolute Gasteiger partial charge is 0.358 e. The molecule has 0 aliphatic rings. The predicted octanol–water partition coefficient (Wildman–Crippen LogP) is 0.718. The summed E-state index contributed by atoms with van der Waals surface area (Å²) >= 11 is 0. The summed E-state index contributed by atoms with van der Waals surface area (Å²) in [4.78, 5) is 12.8. The van der Waals surface area contributed by atoms with Gasteiger partial charge in [0.15, 0.2) is 0 Å². The van der Waals surface area contributed by atoms with Crippen LogP contribution in [0, 0.1) is 0 Å². The first kappa shape index (κ1) is 12.7. The molecule has 0 radical (unpaired) electrons. The van der Waals surface area contributed by atoms with Crippen molar-refractivity contribution >= 4 is 11.6 Å². The molecule has 0 aliphatic heterocycles. The van der Waals surface area contributed by atoms with Crippen LogP contribution in [-0.2, 0) is 0 Å². The average molecular weight is 223 g/mol. The molecule has 16 heavy (non-hydrogen) atoms. The van der Waals surface area contributed by atoms with Crippen LogP contribution in [0.15, 0.2) is 12.4 Å². The first-order valence-electron chi connectivity index (χ1n) is 5.71. The Morgan fingerprint density at radius 2 is 1.81 bits per heavy atom. The van der Waals surface area contributed by atoms with Crippen LogP contribution >= 0.6 is 0 Å². The molecule has 1 aromatic heterocycles. The number of hydrogen-bond donors (Lipinski definition) is 1. The van der Waals surface area contributed by atoms with E-state index >= 15 is 0 Å². The monoisotopic (exact) mass is 223 g/mol. The van der Waals surface area contributed by atoms with Crippen molar-refractivity contribution in [1.29, 1.82) is 0 Å². The summed E-state index contributed by atoms with van der Waals surface area (Å²) in [5, 5.41) is 0. The maximum Gasteiger partial charge on any atom is 0.134 e. The third-order valence-electron chi connectivity index (χ3n) is 2.58. The van der Waals surface area contributed by atoms with Crippen molar-refractivity contribution in [3.8, 4) is 0 Å². The number of aromatic nitrogens is 2. The van der Waals surface area contributed by atoms with Gasteiger partial charge in [-0.1, -0.05) is 0 Å². The third kappa shape index (κ3) is 3.06. The molecule has 5 heteroatoms. The molecule has 1 rings (SSSR count). The van der Waals surface area contributed by atoms with Crippen LogP contribution in [-0.4, -0.2) is 43.2 Å². The van der Waals surface area contributed by atoms with Crippen molar-refractivity contribution in [2.75, 3.05) is 43.0 Å². The van der Waals surface area contributed by atoms with Gasteiger partial charge < -0.3 is 15.5 Å². The summed E-state index contributed by atoms with van der Waals surface area (Å²) in [6, 6.07) is 2.00. The highest BCUT2D eigenvalue weighted by molar-refractivity contribution is 5.49. The minimum absolute atomic E-state index is 0.626. The second-order valence-electron chi connectivity index (χ2n) is 3.62. The standard InChI is InChI=1S/C11H21N5/c1-4-16(5-2)11-8-10(13-9-14-11)15(3)7-6-12/h8-9H,4-7,12H2,1-3H3. The smallest absolute Gasteiger partial charge is 0.134 e. The zero-order valence-corrected chi connectivity index (χ0v) is 10.3. The van der Waals surface area contributed by atoms with Crippen molar-refractivity contribution in [2.24, 2.45) is 5.73 Å². The summed E-state index contributed by atoms with van der Waals surface area (Å²) in [7, 11) is 1.99. The Labute approximate surface area is 97.3 Å². The first-order chi connectivity index (χ1) is 7.72. The maximum absolute atomic E-state index is 5.52. The number of hydrogen-bond acceptors (Lipinski definition) is 5. The van der Waals surface area contributed by atoms with Crippen molar-refractivity contribution < 1.29 is 0 Å². The summed E-state index contributed by atoms with van der Waals surface area (Å²) in [6.07, 6.45) is 1.61. The highest BCUT2D eigenvalue weighted by Gasteiger charge is 2.07. The number of nitrogens with zero attached hydrogens (tertiary/aromatic N) is 4. The van der Waals surface area contributed by atoms with E-state index in [4.69, 9.17) is 5.73 Å². The Balaban J connectivity index is 2.85. The van der Waals surface area contributed by atoms with Crippen LogP contribution in [0.3, 0.4) is 0 Å². The van der Waals surface area contributed by atoms with E-state index in [-0.39, 0.29) is 0 Å². The van der Waals surface area contributed by atoms with Crippen LogP contribution in [0.5, 0.6) is 0 Å². The molecule has 0 amide bonds. The molecule has 0 saturated heterocycles. The molecule has 2 N–H and O–H groups in total. The van der Waals surface area contributed by atoms with Gasteiger partial charge in [-0.15, -0.1) is 0 Å². The molecular weight excluding hydrogens is 202 g/mol. The normalized spacial score (nSPS) is 10.2. The lowest BCUT2D eigenvalue weighted by Crippen LogP contribution is -2.27. The Hall–Kier alpha value is -1.36. The van der Waals surface area contributed by atoms with Gasteiger partial charge in [0, 0.05) is 39.3 Å². The van der Waals surface area contributed by atoms with Crippen LogP contribution in [0.2, 0.25) is 0 Å². The fraction of sp³-hybridized carbons (Fsp3) is 0.636. The van der Waals surface area contributed by atoms with Gasteiger partial charge in [0.05, 0.1) is 0 Å². The fourth-order valence-electron chi connectivity index (χ4n) is 1.57. The highest BCUT2D eigenvalue weighted by atomic mass is 15.2. The fourth-order valence-corrected chi connectivity index (χ4v) is 1.57. The zero-order chi connectivity index (χ0) is 12.0. The Bertz CT molecular complexity index is 311. The lowest BCUT2D eigenvalue weighted by atomic mass is 10.4. The molecule has 0 unspecified atom stereocenters. The summed E-state index contributed by atoms with van der Waals surface area (Å²) in [5.41, 5.74) is 5.52. The highest BCUT2D eigenvalue weighted by Crippen LogP contribution is 2.15. The SMILES string of the molecule is CCN(CC)c1cc(N(C)CCN)ncn1. The quantitative estimate of drug-likeness (QED) is 0.770. The molecule has 1 heterocycles. The first-order valence-corrected chi connectivity index (χ1v) is 5.71. The molecule has 90 valence electrons. The van der Waals surface area contributed by atoms with Crippen LogP contribution in [0.1, 0.15) is 13.8 Å². The predicted molar refractivity (Wildman–Crippen MR) is 67.9 cm³/mol. The van der Waals surface area contributed by atoms with Gasteiger partial charge in [0.2, 0.25) is 0 Å². The van der Waals surface area contributed by atoms with Crippen LogP contribution < -0.4 is 15.5 Å². The molecule has 0 atom stereocenters. The number of anilines is 2. The van der Waals surface area contributed by atoms with Crippen molar-refractivity contribution in [3.63, 3.8) is 0 Å². The van der Waals surface area contributed by atoms with Crippen molar-refractivity contribution in [3.05, 3.63) is 12.4 Å². The van der Waals surface area contributed by atoms with E-state index in [1.165, 1.54) is 0 Å². The molecule has 1 aromatic rings. The van der Waals surface area contributed by atoms with Gasteiger partial charge in [-0.3, -0.25) is 0 Å². The van der Waals surface area contributed by atoms with Crippen molar-refractivity contribution in [2.45, 2.75) is 13.8 Å². The molecule has 0 aromatic carbocycles. The molecular formula is C11H21N5. The average Bonchev–Trinajstić information content (AvgIpc) is 2.31.